The van der Waals surface area contributed by atoms with Crippen molar-refractivity contribution in [3.05, 3.63) is 6.92 Å². The van der Waals surface area contributed by atoms with Gasteiger partial charge in [-0.05, 0) is 40.9 Å². The summed E-state index contributed by atoms with van der Waals surface area (Å²) in [7, 11) is 12.8. The summed E-state index contributed by atoms with van der Waals surface area (Å²) in [4.78, 5) is 13.7. The minimum atomic E-state index is -0.0833. The van der Waals surface area contributed by atoms with E-state index in [9.17, 15) is 4.79 Å². The molecule has 0 rings (SSSR count). The van der Waals surface area contributed by atoms with Gasteiger partial charge >= 0.3 is 27.7 Å². The zero-order chi connectivity index (χ0) is 12.1. The molecule has 0 aromatic rings. The van der Waals surface area contributed by atoms with Crippen molar-refractivity contribution in [3.63, 3.8) is 0 Å². The van der Waals surface area contributed by atoms with Crippen LogP contribution in [-0.2, 0) is 23.0 Å². The van der Waals surface area contributed by atoms with Crippen molar-refractivity contribution in [3.8, 4) is 0 Å². The molecule has 0 N–H and O–H groups in total. The topological polar surface area (TPSA) is 23.6 Å². The van der Waals surface area contributed by atoms with E-state index in [0.29, 0.717) is 0 Å². The van der Waals surface area contributed by atoms with Gasteiger partial charge in [-0.25, -0.2) is 0 Å². The van der Waals surface area contributed by atoms with Crippen LogP contribution in [0.2, 0.25) is 0 Å². The molecular weight excluding hydrogens is 294 g/mol. The quantitative estimate of drug-likeness (QED) is 0.578. The number of rotatable bonds is 3. The van der Waals surface area contributed by atoms with Gasteiger partial charge in [0.15, 0.2) is 0 Å². The first kappa shape index (κ1) is 19.9. The van der Waals surface area contributed by atoms with E-state index in [1.807, 2.05) is 0 Å². The molecule has 0 amide bonds. The van der Waals surface area contributed by atoms with Crippen molar-refractivity contribution in [1.29, 1.82) is 0 Å². The number of Topliss-reactive ketones (excluding diaryl/α,β-unsaturated/α-hetero) is 1. The average Bonchev–Trinajstić information content (AvgIpc) is 2.03. The normalized spacial score (nSPS) is 8.71. The zero-order valence-corrected chi connectivity index (χ0v) is 11.9. The van der Waals surface area contributed by atoms with Crippen LogP contribution < -0.4 is 0 Å². The summed E-state index contributed by atoms with van der Waals surface area (Å²) in [5.41, 5.74) is 0. The third-order valence-electron chi connectivity index (χ3n) is 0.994. The standard InChI is InChI=1S/C6H16N2.C3H5O.ClH.Pd/c1-7(2)5-6-8(3)4;1-3(2)4;;/h5-6H2,1-4H3;1H2,2H3;1H;/q;-1;;+2/p-1. The molecule has 0 aromatic heterocycles. The second kappa shape index (κ2) is 15.9. The van der Waals surface area contributed by atoms with Crippen LogP contribution in [-0.4, -0.2) is 56.9 Å². The Kier molecular flexibility index (Phi) is 22.6. The predicted molar refractivity (Wildman–Crippen MR) is 59.0 cm³/mol. The van der Waals surface area contributed by atoms with Gasteiger partial charge in [0.1, 0.15) is 0 Å². The molecule has 0 aliphatic rings. The second-order valence-electron chi connectivity index (χ2n) is 3.31. The SMILES string of the molecule is CN(C)CCN(C)C.[CH2-]C(C)=O.[Cl][Pd+]. The molecule has 0 aromatic carbocycles. The van der Waals surface area contributed by atoms with Gasteiger partial charge in [0.25, 0.3) is 0 Å². The number of halogens is 1. The molecule has 0 unspecified atom stereocenters. The average molecular weight is 315 g/mol. The minimum absolute atomic E-state index is 0.0833. The van der Waals surface area contributed by atoms with E-state index in [0.717, 1.165) is 13.1 Å². The van der Waals surface area contributed by atoms with E-state index in [1.165, 1.54) is 6.92 Å². The Morgan fingerprint density at radius 3 is 1.36 bits per heavy atom. The molecule has 0 aliphatic heterocycles. The predicted octanol–water partition coefficient (Wildman–Crippen LogP) is 1.21. The Bertz CT molecular complexity index is 109. The van der Waals surface area contributed by atoms with Crippen molar-refractivity contribution in [1.82, 2.24) is 9.80 Å². The van der Waals surface area contributed by atoms with Crippen molar-refractivity contribution < 1.29 is 23.0 Å². The summed E-state index contributed by atoms with van der Waals surface area (Å²) >= 11 is 2.22. The number of nitrogens with zero attached hydrogens (tertiary/aromatic N) is 2. The Morgan fingerprint density at radius 1 is 1.14 bits per heavy atom. The van der Waals surface area contributed by atoms with Gasteiger partial charge in [-0.1, -0.05) is 0 Å². The Balaban J connectivity index is -0.000000170. The van der Waals surface area contributed by atoms with Crippen LogP contribution in [0.15, 0.2) is 0 Å². The van der Waals surface area contributed by atoms with E-state index in [4.69, 9.17) is 0 Å². The fourth-order valence-corrected chi connectivity index (χ4v) is 0.400. The van der Waals surface area contributed by atoms with Crippen LogP contribution >= 0.6 is 9.53 Å². The summed E-state index contributed by atoms with van der Waals surface area (Å²) in [5, 5.41) is 0. The van der Waals surface area contributed by atoms with E-state index in [1.54, 1.807) is 0 Å². The van der Waals surface area contributed by atoms with Crippen LogP contribution in [0.4, 0.5) is 0 Å². The first-order valence-corrected chi connectivity index (χ1v) is 6.10. The number of carbonyl (C=O) groups excluding carboxylic acids is 1. The molecule has 0 heterocycles. The van der Waals surface area contributed by atoms with Gasteiger partial charge in [0, 0.05) is 13.1 Å². The number of hydrogen-bond acceptors (Lipinski definition) is 3. The van der Waals surface area contributed by atoms with E-state index in [-0.39, 0.29) is 5.78 Å². The molecule has 0 spiro atoms. The Hall–Kier alpha value is 0.412. The van der Waals surface area contributed by atoms with Gasteiger partial charge in [-0.15, -0.1) is 0 Å². The summed E-state index contributed by atoms with van der Waals surface area (Å²) < 4.78 is 0. The molecule has 0 fully saturated rings. The van der Waals surface area contributed by atoms with Crippen LogP contribution in [0.5, 0.6) is 0 Å². The third-order valence-corrected chi connectivity index (χ3v) is 0.994. The van der Waals surface area contributed by atoms with E-state index in [2.05, 4.69) is 72.6 Å². The molecule has 3 nitrogen and oxygen atoms in total. The summed E-state index contributed by atoms with van der Waals surface area (Å²) in [6.07, 6.45) is 0. The molecule has 0 saturated carbocycles. The molecule has 0 bridgehead atoms. The van der Waals surface area contributed by atoms with Crippen LogP contribution in [0.3, 0.4) is 0 Å². The summed E-state index contributed by atoms with van der Waals surface area (Å²) in [6, 6.07) is 0. The monoisotopic (exact) mass is 314 g/mol. The Morgan fingerprint density at radius 2 is 1.29 bits per heavy atom. The van der Waals surface area contributed by atoms with Crippen molar-refractivity contribution in [2.24, 2.45) is 0 Å². The zero-order valence-electron chi connectivity index (χ0n) is 9.62. The van der Waals surface area contributed by atoms with Gasteiger partial charge < -0.3 is 21.5 Å². The Labute approximate surface area is 103 Å². The second-order valence-corrected chi connectivity index (χ2v) is 3.31. The van der Waals surface area contributed by atoms with Crippen LogP contribution in [0.25, 0.3) is 0 Å². The maximum absolute atomic E-state index is 9.33. The van der Waals surface area contributed by atoms with Crippen LogP contribution in [0.1, 0.15) is 6.92 Å². The molecule has 14 heavy (non-hydrogen) atoms. The number of likely N-dealkylation sites (N-methyl/N-ethyl adjacent to an activating group) is 2. The molecule has 0 aliphatic carbocycles. The number of hydrogen-bond donors (Lipinski definition) is 0. The molecule has 0 atom stereocenters. The van der Waals surface area contributed by atoms with Crippen LogP contribution in [0, 0.1) is 6.92 Å². The molecule has 5 heteroatoms. The van der Waals surface area contributed by atoms with E-state index >= 15 is 0 Å². The van der Waals surface area contributed by atoms with Gasteiger partial charge in [-0.2, -0.15) is 0 Å². The maximum atomic E-state index is 9.33. The van der Waals surface area contributed by atoms with Crippen molar-refractivity contribution >= 4 is 15.3 Å². The first-order valence-electron chi connectivity index (χ1n) is 4.10. The molecular formula is C9H21ClN2OPd. The van der Waals surface area contributed by atoms with Gasteiger partial charge in [0.2, 0.25) is 0 Å². The summed E-state index contributed by atoms with van der Waals surface area (Å²) in [6.45, 7) is 6.71. The van der Waals surface area contributed by atoms with Gasteiger partial charge in [0.05, 0.1) is 0 Å². The van der Waals surface area contributed by atoms with Gasteiger partial charge in [-0.3, -0.25) is 0 Å². The van der Waals surface area contributed by atoms with Crippen molar-refractivity contribution in [2.45, 2.75) is 6.92 Å². The van der Waals surface area contributed by atoms with E-state index < -0.39 is 0 Å². The molecule has 0 radical (unpaired) electrons. The molecule has 0 saturated heterocycles. The fraction of sp³-hybridized carbons (Fsp3) is 0.778. The molecule has 90 valence electrons. The number of ketones is 1. The van der Waals surface area contributed by atoms with Crippen molar-refractivity contribution in [2.75, 3.05) is 41.3 Å². The summed E-state index contributed by atoms with van der Waals surface area (Å²) in [5.74, 6) is -0.0833. The fourth-order valence-electron chi connectivity index (χ4n) is 0.400. The first-order chi connectivity index (χ1) is 6.36. The third kappa shape index (κ3) is 55.2. The number of carbonyl (C=O) groups is 1.